The molecule has 1 heterocycles. The van der Waals surface area contributed by atoms with Crippen LogP contribution in [0.3, 0.4) is 0 Å². The van der Waals surface area contributed by atoms with Crippen LogP contribution in [0.2, 0.25) is 0 Å². The Kier molecular flexibility index (Phi) is 3.84. The van der Waals surface area contributed by atoms with E-state index in [9.17, 15) is 4.79 Å². The number of esters is 1. The molecule has 0 saturated carbocycles. The second kappa shape index (κ2) is 5.14. The number of anilines is 2. The maximum Gasteiger partial charge on any atom is 0.325 e. The molecule has 0 aromatic carbocycles. The number of hydrogen-bond acceptors (Lipinski definition) is 6. The highest BCUT2D eigenvalue weighted by molar-refractivity contribution is 5.74. The summed E-state index contributed by atoms with van der Waals surface area (Å²) in [7, 11) is 0. The molecule has 6 nitrogen and oxygen atoms in total. The summed E-state index contributed by atoms with van der Waals surface area (Å²) in [5.41, 5.74) is 6.24. The van der Waals surface area contributed by atoms with Crippen molar-refractivity contribution in [1.82, 2.24) is 9.97 Å². The number of nitrogens with one attached hydrogen (secondary N) is 1. The third kappa shape index (κ3) is 3.41. The largest absolute Gasteiger partial charge is 0.465 e. The molecule has 0 fully saturated rings. The summed E-state index contributed by atoms with van der Waals surface area (Å²) < 4.78 is 4.76. The Morgan fingerprint density at radius 2 is 2.40 bits per heavy atom. The van der Waals surface area contributed by atoms with Gasteiger partial charge in [-0.15, -0.1) is 0 Å². The van der Waals surface area contributed by atoms with Gasteiger partial charge in [0, 0.05) is 11.8 Å². The van der Waals surface area contributed by atoms with Crippen molar-refractivity contribution in [3.05, 3.63) is 11.8 Å². The molecule has 6 heteroatoms. The predicted octanol–water partition coefficient (Wildman–Crippen LogP) is 0.342. The highest BCUT2D eigenvalue weighted by Crippen LogP contribution is 2.09. The van der Waals surface area contributed by atoms with Crippen LogP contribution in [0, 0.1) is 6.92 Å². The fourth-order valence-electron chi connectivity index (χ4n) is 1.00. The van der Waals surface area contributed by atoms with E-state index in [1.807, 2.05) is 6.92 Å². The van der Waals surface area contributed by atoms with Gasteiger partial charge in [-0.05, 0) is 13.8 Å². The van der Waals surface area contributed by atoms with Crippen LogP contribution in [-0.2, 0) is 9.53 Å². The third-order valence-electron chi connectivity index (χ3n) is 1.70. The van der Waals surface area contributed by atoms with Gasteiger partial charge in [0.1, 0.15) is 12.4 Å². The maximum absolute atomic E-state index is 11.1. The Labute approximate surface area is 87.9 Å². The highest BCUT2D eigenvalue weighted by Gasteiger charge is 2.05. The van der Waals surface area contributed by atoms with Crippen LogP contribution in [-0.4, -0.2) is 29.1 Å². The Bertz CT molecular complexity index is 354. The van der Waals surface area contributed by atoms with Crippen molar-refractivity contribution in [2.75, 3.05) is 24.2 Å². The normalized spacial score (nSPS) is 9.73. The molecule has 0 radical (unpaired) electrons. The van der Waals surface area contributed by atoms with E-state index in [1.54, 1.807) is 13.1 Å². The summed E-state index contributed by atoms with van der Waals surface area (Å²) in [5, 5.41) is 2.83. The first kappa shape index (κ1) is 11.2. The molecule has 0 aliphatic heterocycles. The number of nitrogen functional groups attached to an aromatic ring is 1. The fraction of sp³-hybridized carbons (Fsp3) is 0.444. The summed E-state index contributed by atoms with van der Waals surface area (Å²) in [6.45, 7) is 4.02. The minimum Gasteiger partial charge on any atom is -0.465 e. The molecule has 0 aliphatic rings. The second-order valence-corrected chi connectivity index (χ2v) is 2.92. The van der Waals surface area contributed by atoms with E-state index >= 15 is 0 Å². The lowest BCUT2D eigenvalue weighted by Crippen LogP contribution is -2.18. The summed E-state index contributed by atoms with van der Waals surface area (Å²) in [4.78, 5) is 18.8. The molecule has 0 atom stereocenters. The van der Waals surface area contributed by atoms with Crippen LogP contribution >= 0.6 is 0 Å². The van der Waals surface area contributed by atoms with Crippen LogP contribution < -0.4 is 11.1 Å². The van der Waals surface area contributed by atoms with Crippen LogP contribution in [0.5, 0.6) is 0 Å². The van der Waals surface area contributed by atoms with Crippen LogP contribution in [0.4, 0.5) is 11.8 Å². The van der Waals surface area contributed by atoms with E-state index in [1.165, 1.54) is 0 Å². The average Bonchev–Trinajstić information content (AvgIpc) is 2.20. The first-order valence-corrected chi connectivity index (χ1v) is 4.62. The molecule has 1 rings (SSSR count). The number of hydrogen-bond donors (Lipinski definition) is 2. The number of nitrogens with zero attached hydrogens (tertiary/aromatic N) is 2. The van der Waals surface area contributed by atoms with Crippen molar-refractivity contribution in [1.29, 1.82) is 0 Å². The predicted molar refractivity (Wildman–Crippen MR) is 56.3 cm³/mol. The molecule has 0 spiro atoms. The van der Waals surface area contributed by atoms with E-state index < -0.39 is 0 Å². The average molecular weight is 210 g/mol. The number of rotatable bonds is 4. The maximum atomic E-state index is 11.1. The minimum atomic E-state index is -0.325. The lowest BCUT2D eigenvalue weighted by Gasteiger charge is -2.07. The van der Waals surface area contributed by atoms with Crippen LogP contribution in [0.15, 0.2) is 6.20 Å². The Hall–Kier alpha value is -1.85. The molecular weight excluding hydrogens is 196 g/mol. The Morgan fingerprint density at radius 3 is 3.07 bits per heavy atom. The standard InChI is InChI=1S/C9H14N4O2/c1-3-15-7(14)5-11-8-6(2)4-12-9(10)13-8/h4H,3,5H2,1-2H3,(H3,10,11,12,13). The van der Waals surface area contributed by atoms with Crippen LogP contribution in [0.1, 0.15) is 12.5 Å². The number of aryl methyl sites for hydroxylation is 1. The molecule has 0 aliphatic carbocycles. The number of nitrogens with two attached hydrogens (primary N) is 1. The van der Waals surface area contributed by atoms with E-state index in [0.29, 0.717) is 12.4 Å². The fourth-order valence-corrected chi connectivity index (χ4v) is 1.00. The number of carbonyl (C=O) groups is 1. The zero-order valence-corrected chi connectivity index (χ0v) is 8.78. The summed E-state index contributed by atoms with van der Waals surface area (Å²) in [6.07, 6.45) is 1.59. The zero-order valence-electron chi connectivity index (χ0n) is 8.78. The highest BCUT2D eigenvalue weighted by atomic mass is 16.5. The lowest BCUT2D eigenvalue weighted by atomic mass is 10.3. The molecule has 3 N–H and O–H groups in total. The number of carbonyl (C=O) groups excluding carboxylic acids is 1. The SMILES string of the molecule is CCOC(=O)CNc1nc(N)ncc1C. The Morgan fingerprint density at radius 1 is 1.67 bits per heavy atom. The van der Waals surface area contributed by atoms with Crippen LogP contribution in [0.25, 0.3) is 0 Å². The van der Waals surface area contributed by atoms with Gasteiger partial charge in [-0.25, -0.2) is 4.98 Å². The summed E-state index contributed by atoms with van der Waals surface area (Å²) >= 11 is 0. The lowest BCUT2D eigenvalue weighted by molar-refractivity contribution is -0.140. The van der Waals surface area contributed by atoms with Gasteiger partial charge < -0.3 is 15.8 Å². The molecule has 1 aromatic rings. The quantitative estimate of drug-likeness (QED) is 0.696. The van der Waals surface area contributed by atoms with Gasteiger partial charge in [0.2, 0.25) is 5.95 Å². The van der Waals surface area contributed by atoms with Crippen molar-refractivity contribution >= 4 is 17.7 Å². The summed E-state index contributed by atoms with van der Waals surface area (Å²) in [5.74, 6) is 0.400. The van der Waals surface area contributed by atoms with E-state index in [-0.39, 0.29) is 18.5 Å². The molecule has 0 bridgehead atoms. The van der Waals surface area contributed by atoms with Gasteiger partial charge in [0.25, 0.3) is 0 Å². The van der Waals surface area contributed by atoms with Crippen molar-refractivity contribution < 1.29 is 9.53 Å². The first-order valence-electron chi connectivity index (χ1n) is 4.62. The van der Waals surface area contributed by atoms with Gasteiger partial charge in [-0.3, -0.25) is 4.79 Å². The number of aromatic nitrogens is 2. The Balaban J connectivity index is 2.57. The molecule has 82 valence electrons. The molecule has 0 unspecified atom stereocenters. The first-order chi connectivity index (χ1) is 7.13. The zero-order chi connectivity index (χ0) is 11.3. The van der Waals surface area contributed by atoms with Crippen molar-refractivity contribution in [2.45, 2.75) is 13.8 Å². The second-order valence-electron chi connectivity index (χ2n) is 2.92. The molecule has 15 heavy (non-hydrogen) atoms. The molecular formula is C9H14N4O2. The summed E-state index contributed by atoms with van der Waals surface area (Å²) in [6, 6.07) is 0. The molecule has 0 saturated heterocycles. The van der Waals surface area contributed by atoms with Crippen molar-refractivity contribution in [2.24, 2.45) is 0 Å². The van der Waals surface area contributed by atoms with Gasteiger partial charge >= 0.3 is 5.97 Å². The van der Waals surface area contributed by atoms with Crippen molar-refractivity contribution in [3.63, 3.8) is 0 Å². The third-order valence-corrected chi connectivity index (χ3v) is 1.70. The van der Waals surface area contributed by atoms with E-state index in [4.69, 9.17) is 10.5 Å². The number of ether oxygens (including phenoxy) is 1. The van der Waals surface area contributed by atoms with Gasteiger partial charge in [-0.1, -0.05) is 0 Å². The molecule has 0 amide bonds. The smallest absolute Gasteiger partial charge is 0.325 e. The van der Waals surface area contributed by atoms with Gasteiger partial charge in [0.05, 0.1) is 6.61 Å². The van der Waals surface area contributed by atoms with Crippen molar-refractivity contribution in [3.8, 4) is 0 Å². The minimum absolute atomic E-state index is 0.0745. The molecule has 1 aromatic heterocycles. The van der Waals surface area contributed by atoms with Gasteiger partial charge in [0.15, 0.2) is 0 Å². The topological polar surface area (TPSA) is 90.1 Å². The monoisotopic (exact) mass is 210 g/mol. The van der Waals surface area contributed by atoms with Gasteiger partial charge in [-0.2, -0.15) is 4.98 Å². The van der Waals surface area contributed by atoms with E-state index in [0.717, 1.165) is 5.56 Å². The van der Waals surface area contributed by atoms with E-state index in [2.05, 4.69) is 15.3 Å².